The van der Waals surface area contributed by atoms with Gasteiger partial charge in [-0.15, -0.1) is 0 Å². The van der Waals surface area contributed by atoms with Gasteiger partial charge in [-0.25, -0.2) is 0 Å². The molecule has 0 amide bonds. The van der Waals surface area contributed by atoms with Crippen LogP contribution in [-0.4, -0.2) is 30.4 Å². The Hall–Kier alpha value is -3.80. The molecule has 0 bridgehead atoms. The number of aromatic nitrogens is 2. The molecule has 0 aliphatic carbocycles. The molecule has 1 aliphatic heterocycles. The zero-order chi connectivity index (χ0) is 26.4. The third kappa shape index (κ3) is 3.94. The van der Waals surface area contributed by atoms with Gasteiger partial charge in [0.15, 0.2) is 17.8 Å². The molecule has 38 heavy (non-hydrogen) atoms. The second-order valence-corrected chi connectivity index (χ2v) is 11.0. The molecule has 0 spiro atoms. The van der Waals surface area contributed by atoms with Gasteiger partial charge >= 0.3 is 0 Å². The van der Waals surface area contributed by atoms with Gasteiger partial charge in [-0.05, 0) is 51.1 Å². The fraction of sp³-hybridized carbons (Fsp3) is 0.273. The molecule has 0 saturated carbocycles. The van der Waals surface area contributed by atoms with Crippen LogP contribution in [0.15, 0.2) is 89.8 Å². The van der Waals surface area contributed by atoms with Crippen molar-refractivity contribution >= 4 is 21.9 Å². The Morgan fingerprint density at radius 1 is 1.05 bits per heavy atom. The maximum atomic E-state index is 10.8. The molecule has 3 aromatic heterocycles. The summed E-state index contributed by atoms with van der Waals surface area (Å²) in [6, 6.07) is 19.2. The summed E-state index contributed by atoms with van der Waals surface area (Å²) in [5.41, 5.74) is 8.42. The van der Waals surface area contributed by atoms with E-state index in [9.17, 15) is 5.11 Å². The number of allylic oxidation sites excluding steroid dienone is 1. The standard InChI is InChI=1S/C33H33N2O3/c1-33(2,3)27-19-25-30-18-21(22-11-14-34-28-13-17-38-32(22)28)12-15-35(30)29(10-7-16-37-4)26(20-36)31(25)24-9-6-5-8-23(24)27/h5-15,17-19,26,29,36H,16,20H2,1-4H3/q+1/b10-7+. The lowest BCUT2D eigenvalue weighted by atomic mass is 9.75. The van der Waals surface area contributed by atoms with Crippen LogP contribution in [0.4, 0.5) is 0 Å². The van der Waals surface area contributed by atoms with Crippen LogP contribution < -0.4 is 4.57 Å². The van der Waals surface area contributed by atoms with Gasteiger partial charge in [0.1, 0.15) is 5.52 Å². The van der Waals surface area contributed by atoms with Gasteiger partial charge in [0, 0.05) is 37.1 Å². The van der Waals surface area contributed by atoms with Crippen LogP contribution >= 0.6 is 0 Å². The van der Waals surface area contributed by atoms with Crippen molar-refractivity contribution in [1.29, 1.82) is 0 Å². The highest BCUT2D eigenvalue weighted by atomic mass is 16.5. The molecule has 0 fully saturated rings. The molecule has 2 aromatic carbocycles. The highest BCUT2D eigenvalue weighted by molar-refractivity contribution is 5.96. The molecular formula is C33H33N2O3+. The van der Waals surface area contributed by atoms with Crippen LogP contribution in [0.25, 0.3) is 44.3 Å². The summed E-state index contributed by atoms with van der Waals surface area (Å²) in [5, 5.41) is 13.3. The molecule has 5 heteroatoms. The molecular weight excluding hydrogens is 472 g/mol. The number of hydrogen-bond acceptors (Lipinski definition) is 4. The quantitative estimate of drug-likeness (QED) is 0.212. The number of hydrogen-bond donors (Lipinski definition) is 1. The van der Waals surface area contributed by atoms with Crippen LogP contribution in [-0.2, 0) is 10.2 Å². The predicted octanol–water partition coefficient (Wildman–Crippen LogP) is 6.73. The van der Waals surface area contributed by atoms with E-state index >= 15 is 0 Å². The highest BCUT2D eigenvalue weighted by Crippen LogP contribution is 2.46. The van der Waals surface area contributed by atoms with E-state index in [0.29, 0.717) is 6.61 Å². The van der Waals surface area contributed by atoms with Crippen LogP contribution in [0.1, 0.15) is 43.9 Å². The highest BCUT2D eigenvalue weighted by Gasteiger charge is 2.40. The summed E-state index contributed by atoms with van der Waals surface area (Å²) in [6.45, 7) is 7.35. The molecule has 5 aromatic rings. The maximum absolute atomic E-state index is 10.8. The van der Waals surface area contributed by atoms with Gasteiger partial charge < -0.3 is 14.3 Å². The third-order valence-corrected chi connectivity index (χ3v) is 7.71. The minimum Gasteiger partial charge on any atom is -0.462 e. The zero-order valence-electron chi connectivity index (χ0n) is 22.3. The summed E-state index contributed by atoms with van der Waals surface area (Å²) < 4.78 is 13.4. The molecule has 4 heterocycles. The predicted molar refractivity (Wildman–Crippen MR) is 151 cm³/mol. The number of ether oxygens (including phenoxy) is 1. The van der Waals surface area contributed by atoms with Gasteiger partial charge in [-0.2, -0.15) is 4.57 Å². The van der Waals surface area contributed by atoms with Crippen molar-refractivity contribution in [2.45, 2.75) is 38.1 Å². The van der Waals surface area contributed by atoms with Crippen LogP contribution in [0.2, 0.25) is 0 Å². The summed E-state index contributed by atoms with van der Waals surface area (Å²) in [7, 11) is 1.70. The van der Waals surface area contributed by atoms with Gasteiger partial charge in [0.25, 0.3) is 0 Å². The van der Waals surface area contributed by atoms with E-state index in [0.717, 1.165) is 33.5 Å². The van der Waals surface area contributed by atoms with Gasteiger partial charge in [-0.3, -0.25) is 4.98 Å². The fourth-order valence-electron chi connectivity index (χ4n) is 5.97. The Bertz CT molecular complexity index is 1680. The molecule has 1 aliphatic rings. The van der Waals surface area contributed by atoms with Crippen molar-refractivity contribution < 1.29 is 18.8 Å². The molecule has 0 saturated heterocycles. The molecule has 1 N–H and O–H groups in total. The largest absolute Gasteiger partial charge is 0.462 e. The van der Waals surface area contributed by atoms with Crippen molar-refractivity contribution in [2.24, 2.45) is 0 Å². The van der Waals surface area contributed by atoms with E-state index < -0.39 is 0 Å². The number of nitrogens with zero attached hydrogens (tertiary/aromatic N) is 2. The van der Waals surface area contributed by atoms with Crippen LogP contribution in [0, 0.1) is 0 Å². The molecule has 2 atom stereocenters. The van der Waals surface area contributed by atoms with Crippen LogP contribution in [0.3, 0.4) is 0 Å². The summed E-state index contributed by atoms with van der Waals surface area (Å²) in [4.78, 5) is 4.45. The first-order valence-corrected chi connectivity index (χ1v) is 13.1. The number of benzene rings is 2. The SMILES string of the molecule is COC/C=C/C1C(CO)c2c(cc(C(C)(C)C)c3ccccc23)-c2cc(-c3ccnc4ccoc34)cc[n+]21. The van der Waals surface area contributed by atoms with Gasteiger partial charge in [-0.1, -0.05) is 51.1 Å². The molecule has 5 nitrogen and oxygen atoms in total. The molecule has 0 radical (unpaired) electrons. The normalized spacial score (nSPS) is 17.3. The van der Waals surface area contributed by atoms with Crippen molar-refractivity contribution in [3.05, 3.63) is 96.5 Å². The van der Waals surface area contributed by atoms with Crippen molar-refractivity contribution in [2.75, 3.05) is 20.3 Å². The molecule has 6 rings (SSSR count). The average molecular weight is 506 g/mol. The lowest BCUT2D eigenvalue weighted by Gasteiger charge is -2.32. The Balaban J connectivity index is 1.68. The minimum atomic E-state index is -0.0990. The van der Waals surface area contributed by atoms with Crippen molar-refractivity contribution in [1.82, 2.24) is 4.98 Å². The topological polar surface area (TPSA) is 59.4 Å². The lowest BCUT2D eigenvalue weighted by Crippen LogP contribution is -2.47. The van der Waals surface area contributed by atoms with Crippen molar-refractivity contribution in [3.63, 3.8) is 0 Å². The Kier molecular flexibility index (Phi) is 6.13. The van der Waals surface area contributed by atoms with E-state index in [1.165, 1.54) is 21.9 Å². The first kappa shape index (κ1) is 24.5. The van der Waals surface area contributed by atoms with Crippen molar-refractivity contribution in [3.8, 4) is 22.4 Å². The molecule has 192 valence electrons. The average Bonchev–Trinajstić information content (AvgIpc) is 3.41. The number of methoxy groups -OCH3 is 1. The second kappa shape index (κ2) is 9.50. The summed E-state index contributed by atoms with van der Waals surface area (Å²) >= 11 is 0. The number of aliphatic hydroxyl groups excluding tert-OH is 1. The molecule has 2 unspecified atom stereocenters. The fourth-order valence-corrected chi connectivity index (χ4v) is 5.97. The number of aliphatic hydroxyl groups is 1. The van der Waals surface area contributed by atoms with E-state index in [-0.39, 0.29) is 24.0 Å². The van der Waals surface area contributed by atoms with E-state index in [2.05, 4.69) is 85.1 Å². The Labute approximate surface area is 223 Å². The monoisotopic (exact) mass is 505 g/mol. The van der Waals surface area contributed by atoms with E-state index in [1.807, 2.05) is 24.4 Å². The maximum Gasteiger partial charge on any atom is 0.213 e. The first-order valence-electron chi connectivity index (χ1n) is 13.1. The minimum absolute atomic E-state index is 0.0411. The Morgan fingerprint density at radius 3 is 2.63 bits per heavy atom. The van der Waals surface area contributed by atoms with Gasteiger partial charge in [0.2, 0.25) is 5.69 Å². The zero-order valence-corrected chi connectivity index (χ0v) is 22.3. The second-order valence-electron chi connectivity index (χ2n) is 11.0. The number of furan rings is 1. The smallest absolute Gasteiger partial charge is 0.213 e. The number of pyridine rings is 2. The first-order chi connectivity index (χ1) is 18.4. The number of rotatable bonds is 5. The summed E-state index contributed by atoms with van der Waals surface area (Å²) in [5.74, 6) is -0.0990. The Morgan fingerprint density at radius 2 is 1.87 bits per heavy atom. The third-order valence-electron chi connectivity index (χ3n) is 7.71. The summed E-state index contributed by atoms with van der Waals surface area (Å²) in [6.07, 6.45) is 9.87. The van der Waals surface area contributed by atoms with Crippen LogP contribution in [0.5, 0.6) is 0 Å². The van der Waals surface area contributed by atoms with Gasteiger partial charge in [0.05, 0.1) is 31.0 Å². The lowest BCUT2D eigenvalue weighted by molar-refractivity contribution is -0.707. The number of fused-ring (bicyclic) bond motifs is 6. The van der Waals surface area contributed by atoms with E-state index in [4.69, 9.17) is 9.15 Å². The van der Waals surface area contributed by atoms with E-state index in [1.54, 1.807) is 13.4 Å².